The van der Waals surface area contributed by atoms with Crippen molar-refractivity contribution in [3.05, 3.63) is 58.0 Å². The number of benzene rings is 2. The van der Waals surface area contributed by atoms with Gasteiger partial charge in [-0.1, -0.05) is 79.0 Å². The number of likely N-dealkylation sites (tertiary alicyclic amines) is 1. The van der Waals surface area contributed by atoms with Crippen LogP contribution in [0.1, 0.15) is 123 Å². The Morgan fingerprint density at radius 1 is 0.865 bits per heavy atom. The van der Waals surface area contributed by atoms with Crippen LogP contribution in [0, 0.1) is 42.4 Å². The number of anilines is 1. The SMILES string of the molecule is CO[C@H]1/C=C/O[C@@]2(C)Oc3c(C)c(O)c4c(O)c(c5c(c4c3C2=O)NC2(CCN(CC(C)C)CC2)N=5)=NC(=O)/C(C)=C\C=C\[C@H](C)[C@H](O)[C@@H](C)[C@@H](O)[C@@H](C)[C@H](OC(=O)N2CCCN(CC3CCCCC3)CC2)[C@@H]1C. The van der Waals surface area contributed by atoms with E-state index in [0.29, 0.717) is 43.5 Å². The molecule has 2 saturated heterocycles. The van der Waals surface area contributed by atoms with Gasteiger partial charge in [-0.05, 0) is 57.6 Å². The summed E-state index contributed by atoms with van der Waals surface area (Å²) in [5, 5.41) is 51.8. The molecule has 1 saturated carbocycles. The summed E-state index contributed by atoms with van der Waals surface area (Å²) in [6.07, 6.45) is 11.8. The molecule has 9 rings (SSSR count). The van der Waals surface area contributed by atoms with Crippen molar-refractivity contribution >= 4 is 34.2 Å². The number of carbonyl (C=O) groups is 3. The van der Waals surface area contributed by atoms with Gasteiger partial charge in [-0.25, -0.2) is 9.79 Å². The van der Waals surface area contributed by atoms with Gasteiger partial charge in [0.15, 0.2) is 5.75 Å². The third kappa shape index (κ3) is 11.1. The number of Topliss-reactive ketones (excluding diaryl/α,β-unsaturated/α-hetero) is 1. The first-order valence-electron chi connectivity index (χ1n) is 27.2. The maximum atomic E-state index is 15.0. The standard InChI is InChI=1S/C57H82N6O11/c1-32(2)30-62-25-21-57(22-26-62)59-44-41-42-49(66)38(8)52-43(41)53(68)56(9,74-52)72-29-20-40(71-10)35(5)51(73-55(70)63-24-15-23-61(27-28-63)31-39-18-12-11-13-19-39)37(7)48(65)36(6)47(64)33(3)16-14-17-34(4)54(69)58-46(50(42)67)45(44)60-57/h14,16-17,20,29,32-33,35-37,39-40,47-48,51,59,64-67H,11-13,15,18-19,21-28,30-31H2,1-10H3/b16-14+,29-20+,34-17-,58-46?/t33-,35+,36+,37+,40-,47-,48+,51+,56-/m0/s1. The number of rotatable bonds is 6. The molecular formula is C57H82N6O11. The van der Waals surface area contributed by atoms with Crippen LogP contribution in [0.15, 0.2) is 46.1 Å². The third-order valence-electron chi connectivity index (χ3n) is 16.9. The number of nitrogens with zero attached hydrogens (tertiary/aromatic N) is 5. The molecule has 5 N–H and O–H groups in total. The first-order valence-corrected chi connectivity index (χ1v) is 27.2. The average Bonchev–Trinajstić information content (AvgIpc) is 3.76. The fourth-order valence-electron chi connectivity index (χ4n) is 12.3. The van der Waals surface area contributed by atoms with Gasteiger partial charge in [0.25, 0.3) is 11.7 Å². The van der Waals surface area contributed by atoms with E-state index in [0.717, 1.165) is 45.7 Å². The van der Waals surface area contributed by atoms with Crippen LogP contribution < -0.4 is 20.8 Å². The van der Waals surface area contributed by atoms with E-state index in [9.17, 15) is 30.0 Å². The second-order valence-corrected chi connectivity index (χ2v) is 22.9. The van der Waals surface area contributed by atoms with Crippen LogP contribution >= 0.6 is 0 Å². The van der Waals surface area contributed by atoms with Gasteiger partial charge in [0, 0.05) is 113 Å². The minimum atomic E-state index is -1.97. The molecular weight excluding hydrogens is 945 g/mol. The van der Waals surface area contributed by atoms with Gasteiger partial charge in [-0.3, -0.25) is 14.6 Å². The minimum Gasteiger partial charge on any atom is -0.507 e. The number of amides is 2. The molecule has 2 aromatic carbocycles. The van der Waals surface area contributed by atoms with Gasteiger partial charge in [-0.15, -0.1) is 0 Å². The third-order valence-corrected chi connectivity index (χ3v) is 16.9. The number of fused-ring (bicyclic) bond motifs is 13. The molecule has 406 valence electrons. The Labute approximate surface area is 436 Å². The molecule has 7 aliphatic rings. The van der Waals surface area contributed by atoms with Crippen molar-refractivity contribution in [1.29, 1.82) is 0 Å². The summed E-state index contributed by atoms with van der Waals surface area (Å²) >= 11 is 0. The van der Waals surface area contributed by atoms with Gasteiger partial charge in [0.05, 0.1) is 41.2 Å². The maximum absolute atomic E-state index is 15.0. The van der Waals surface area contributed by atoms with Crippen LogP contribution in [0.3, 0.4) is 0 Å². The number of piperidine rings is 1. The summed E-state index contributed by atoms with van der Waals surface area (Å²) in [6, 6.07) is 0. The molecule has 17 heteroatoms. The van der Waals surface area contributed by atoms with E-state index >= 15 is 4.79 Å². The number of ether oxygens (including phenoxy) is 4. The number of aliphatic hydroxyl groups excluding tert-OH is 2. The number of allylic oxidation sites excluding steroid dienone is 2. The first kappa shape index (κ1) is 55.2. The first-order chi connectivity index (χ1) is 35.2. The molecule has 0 aromatic heterocycles. The van der Waals surface area contributed by atoms with Crippen LogP contribution in [0.4, 0.5) is 10.5 Å². The number of phenolic OH excluding ortho intramolecular Hbond substituents is 2. The summed E-state index contributed by atoms with van der Waals surface area (Å²) < 4.78 is 25.2. The Bertz CT molecular complexity index is 2660. The van der Waals surface area contributed by atoms with E-state index in [1.165, 1.54) is 52.4 Å². The maximum Gasteiger partial charge on any atom is 0.410 e. The van der Waals surface area contributed by atoms with Crippen LogP contribution in [0.25, 0.3) is 10.8 Å². The highest BCUT2D eigenvalue weighted by molar-refractivity contribution is 6.21. The molecule has 9 atom stereocenters. The van der Waals surface area contributed by atoms with E-state index < -0.39 is 83.1 Å². The zero-order valence-corrected chi connectivity index (χ0v) is 45.4. The number of ketones is 1. The highest BCUT2D eigenvalue weighted by atomic mass is 16.7. The number of hydrogen-bond acceptors (Lipinski definition) is 15. The smallest absolute Gasteiger partial charge is 0.410 e. The van der Waals surface area contributed by atoms with Crippen LogP contribution in [0.5, 0.6) is 17.2 Å². The summed E-state index contributed by atoms with van der Waals surface area (Å²) in [5.74, 6) is -5.43. The van der Waals surface area contributed by atoms with Crippen molar-refractivity contribution in [1.82, 2.24) is 14.7 Å². The molecule has 74 heavy (non-hydrogen) atoms. The summed E-state index contributed by atoms with van der Waals surface area (Å²) in [6.45, 7) is 22.3. The highest BCUT2D eigenvalue weighted by Crippen LogP contribution is 2.51. The average molecular weight is 1030 g/mol. The largest absolute Gasteiger partial charge is 0.507 e. The van der Waals surface area contributed by atoms with E-state index in [1.54, 1.807) is 56.9 Å². The fourth-order valence-corrected chi connectivity index (χ4v) is 12.3. The number of hydrogen-bond donors (Lipinski definition) is 5. The number of aliphatic hydroxyl groups is 2. The Morgan fingerprint density at radius 3 is 2.27 bits per heavy atom. The highest BCUT2D eigenvalue weighted by Gasteiger charge is 2.51. The molecule has 6 heterocycles. The van der Waals surface area contributed by atoms with E-state index in [1.807, 2.05) is 13.8 Å². The summed E-state index contributed by atoms with van der Waals surface area (Å²) in [7, 11) is 1.51. The van der Waals surface area contributed by atoms with Gasteiger partial charge in [0.1, 0.15) is 34.0 Å². The zero-order chi connectivity index (χ0) is 53.4. The van der Waals surface area contributed by atoms with Crippen molar-refractivity contribution in [2.45, 2.75) is 150 Å². The lowest BCUT2D eigenvalue weighted by atomic mass is 9.78. The van der Waals surface area contributed by atoms with Gasteiger partial charge in [0.2, 0.25) is 0 Å². The predicted octanol–water partition coefficient (Wildman–Crippen LogP) is 6.91. The summed E-state index contributed by atoms with van der Waals surface area (Å²) in [4.78, 5) is 59.6. The second-order valence-electron chi connectivity index (χ2n) is 22.9. The molecule has 1 aliphatic carbocycles. The normalized spacial score (nSPS) is 32.2. The monoisotopic (exact) mass is 1030 g/mol. The molecule has 17 nitrogen and oxygen atoms in total. The second kappa shape index (κ2) is 22.6. The molecule has 5 bridgehead atoms. The van der Waals surface area contributed by atoms with Crippen LogP contribution in [0.2, 0.25) is 0 Å². The quantitative estimate of drug-likeness (QED) is 0.186. The van der Waals surface area contributed by atoms with E-state index in [-0.39, 0.29) is 49.7 Å². The van der Waals surface area contributed by atoms with E-state index in [4.69, 9.17) is 23.9 Å². The Balaban J connectivity index is 1.17. The molecule has 0 radical (unpaired) electrons. The van der Waals surface area contributed by atoms with Crippen molar-refractivity contribution in [3.8, 4) is 17.2 Å². The number of nitrogens with one attached hydrogen (secondary N) is 1. The number of carbonyl (C=O) groups excluding carboxylic acids is 3. The topological polar surface area (TPSA) is 216 Å². The fraction of sp³-hybridized carbons (Fsp3) is 0.667. The Kier molecular flexibility index (Phi) is 16.9. The molecule has 1 spiro atoms. The minimum absolute atomic E-state index is 0.0609. The van der Waals surface area contributed by atoms with Gasteiger partial charge < -0.3 is 59.4 Å². The Hall–Kier alpha value is -5.07. The lowest BCUT2D eigenvalue weighted by molar-refractivity contribution is -0.114. The molecule has 3 fully saturated rings. The van der Waals surface area contributed by atoms with Crippen molar-refractivity contribution in [3.63, 3.8) is 0 Å². The predicted molar refractivity (Wildman–Crippen MR) is 282 cm³/mol. The van der Waals surface area contributed by atoms with Gasteiger partial charge in [-0.2, -0.15) is 0 Å². The van der Waals surface area contributed by atoms with Crippen molar-refractivity contribution in [2.75, 3.05) is 64.8 Å². The van der Waals surface area contributed by atoms with Gasteiger partial charge >= 0.3 is 11.9 Å². The van der Waals surface area contributed by atoms with Crippen molar-refractivity contribution in [2.24, 2.45) is 45.5 Å². The molecule has 2 aromatic rings. The summed E-state index contributed by atoms with van der Waals surface area (Å²) in [5.41, 5.74) is -0.0953. The number of phenols is 2. The lowest BCUT2D eigenvalue weighted by Crippen LogP contribution is -2.48. The van der Waals surface area contributed by atoms with Crippen molar-refractivity contribution < 1.29 is 53.8 Å². The Morgan fingerprint density at radius 2 is 1.58 bits per heavy atom. The lowest BCUT2D eigenvalue weighted by Gasteiger charge is -2.39. The molecule has 2 amide bonds. The number of methoxy groups -OCH3 is 1. The van der Waals surface area contributed by atoms with Crippen LogP contribution in [-0.4, -0.2) is 148 Å². The van der Waals surface area contributed by atoms with Crippen LogP contribution in [-0.2, 0) is 19.0 Å². The van der Waals surface area contributed by atoms with E-state index in [2.05, 4.69) is 34.0 Å². The molecule has 0 unspecified atom stereocenters. The molecule has 6 aliphatic heterocycles. The zero-order valence-electron chi connectivity index (χ0n) is 45.4. The number of aromatic hydroxyl groups is 2.